The molecule has 8 nitrogen and oxygen atoms in total. The fraction of sp³-hybridized carbons (Fsp3) is 0.179. The van der Waals surface area contributed by atoms with Crippen LogP contribution in [0.1, 0.15) is 38.2 Å². The second-order valence-electron chi connectivity index (χ2n) is 9.15. The fourth-order valence-electron chi connectivity index (χ4n) is 4.78. The van der Waals surface area contributed by atoms with Gasteiger partial charge in [0.25, 0.3) is 11.8 Å². The van der Waals surface area contributed by atoms with E-state index in [-0.39, 0.29) is 5.91 Å². The zero-order chi connectivity index (χ0) is 25.6. The van der Waals surface area contributed by atoms with Crippen molar-refractivity contribution in [1.82, 2.24) is 9.78 Å². The van der Waals surface area contributed by atoms with Gasteiger partial charge >= 0.3 is 0 Å². The largest absolute Gasteiger partial charge is 0.372 e. The number of aryl methyl sites for hydroxylation is 3. The first-order chi connectivity index (χ1) is 17.2. The zero-order valence-electron chi connectivity index (χ0n) is 20.3. The van der Waals surface area contributed by atoms with E-state index in [1.807, 2.05) is 32.2 Å². The topological polar surface area (TPSA) is 113 Å². The molecule has 2 heterocycles. The Morgan fingerprint density at radius 2 is 1.81 bits per heavy atom. The molecule has 4 aromatic rings. The second kappa shape index (κ2) is 8.66. The molecule has 0 radical (unpaired) electrons. The van der Waals surface area contributed by atoms with Crippen LogP contribution in [-0.2, 0) is 24.0 Å². The Balaban J connectivity index is 1.57. The molecule has 36 heavy (non-hydrogen) atoms. The van der Waals surface area contributed by atoms with Crippen LogP contribution < -0.4 is 16.0 Å². The molecular weight excluding hydrogens is 454 g/mol. The van der Waals surface area contributed by atoms with E-state index in [2.05, 4.69) is 10.4 Å². The SMILES string of the molecule is Cc1ccc2c(c1)Nc1c(cnn1C)CN2C(=O)c1ccc(C(O)(C(N)=O)c2ccccc2)c(C)c1. The van der Waals surface area contributed by atoms with Gasteiger partial charge in [-0.25, -0.2) is 0 Å². The van der Waals surface area contributed by atoms with Gasteiger partial charge in [-0.1, -0.05) is 42.5 Å². The summed E-state index contributed by atoms with van der Waals surface area (Å²) >= 11 is 0. The van der Waals surface area contributed by atoms with Crippen molar-refractivity contribution in [3.63, 3.8) is 0 Å². The minimum atomic E-state index is -2.02. The summed E-state index contributed by atoms with van der Waals surface area (Å²) in [5.74, 6) is -0.267. The second-order valence-corrected chi connectivity index (χ2v) is 9.15. The molecule has 1 aliphatic rings. The van der Waals surface area contributed by atoms with Crippen LogP contribution in [0.2, 0.25) is 0 Å². The summed E-state index contributed by atoms with van der Waals surface area (Å²) in [5, 5.41) is 19.2. The Bertz CT molecular complexity index is 1490. The van der Waals surface area contributed by atoms with Crippen molar-refractivity contribution in [2.45, 2.75) is 26.0 Å². The lowest BCUT2D eigenvalue weighted by molar-refractivity contribution is -0.133. The maximum atomic E-state index is 13.9. The lowest BCUT2D eigenvalue weighted by Gasteiger charge is -2.28. The first-order valence-corrected chi connectivity index (χ1v) is 11.6. The number of aliphatic hydroxyl groups is 1. The van der Waals surface area contributed by atoms with Gasteiger partial charge in [0.15, 0.2) is 5.60 Å². The molecule has 0 spiro atoms. The average Bonchev–Trinajstić information content (AvgIpc) is 3.11. The first-order valence-electron chi connectivity index (χ1n) is 11.6. The van der Waals surface area contributed by atoms with E-state index in [4.69, 9.17) is 5.73 Å². The summed E-state index contributed by atoms with van der Waals surface area (Å²) < 4.78 is 1.75. The van der Waals surface area contributed by atoms with Gasteiger partial charge in [-0.05, 0) is 54.8 Å². The molecule has 182 valence electrons. The minimum absolute atomic E-state index is 0.212. The Kier molecular flexibility index (Phi) is 5.61. The molecule has 1 atom stereocenters. The van der Waals surface area contributed by atoms with Crippen molar-refractivity contribution in [2.24, 2.45) is 12.8 Å². The quantitative estimate of drug-likeness (QED) is 0.412. The van der Waals surface area contributed by atoms with Crippen LogP contribution in [0.4, 0.5) is 17.2 Å². The molecule has 5 rings (SSSR count). The highest BCUT2D eigenvalue weighted by Gasteiger charge is 2.39. The van der Waals surface area contributed by atoms with Gasteiger partial charge in [-0.15, -0.1) is 0 Å². The van der Waals surface area contributed by atoms with Crippen LogP contribution in [0.15, 0.2) is 72.9 Å². The standard InChI is InChI=1S/C28H27N5O3/c1-17-9-12-24-23(13-17)31-25-20(15-30-32(25)3)16-33(24)26(34)19-10-11-22(18(2)14-19)28(36,27(29)35)21-7-5-4-6-8-21/h4-15,31,36H,16H2,1-3H3,(H2,29,35). The molecule has 0 saturated heterocycles. The number of nitrogens with zero attached hydrogens (tertiary/aromatic N) is 3. The maximum absolute atomic E-state index is 13.9. The summed E-state index contributed by atoms with van der Waals surface area (Å²) in [6, 6.07) is 19.4. The summed E-state index contributed by atoms with van der Waals surface area (Å²) in [7, 11) is 1.85. The lowest BCUT2D eigenvalue weighted by atomic mass is 9.82. The molecular formula is C28H27N5O3. The van der Waals surface area contributed by atoms with E-state index in [1.54, 1.807) is 71.2 Å². The number of hydrogen-bond donors (Lipinski definition) is 3. The number of amides is 2. The highest BCUT2D eigenvalue weighted by atomic mass is 16.3. The number of hydrogen-bond acceptors (Lipinski definition) is 5. The predicted octanol–water partition coefficient (Wildman–Crippen LogP) is 3.66. The van der Waals surface area contributed by atoms with Crippen LogP contribution in [-0.4, -0.2) is 26.7 Å². The molecule has 4 N–H and O–H groups in total. The van der Waals surface area contributed by atoms with Crippen LogP contribution in [0.5, 0.6) is 0 Å². The number of aromatic nitrogens is 2. The summed E-state index contributed by atoms with van der Waals surface area (Å²) in [6.45, 7) is 4.09. The molecule has 1 unspecified atom stereocenters. The zero-order valence-corrected chi connectivity index (χ0v) is 20.3. The van der Waals surface area contributed by atoms with Crippen molar-refractivity contribution in [3.05, 3.63) is 106 Å². The van der Waals surface area contributed by atoms with Gasteiger partial charge in [0.2, 0.25) is 0 Å². The molecule has 0 saturated carbocycles. The van der Waals surface area contributed by atoms with Crippen molar-refractivity contribution < 1.29 is 14.7 Å². The van der Waals surface area contributed by atoms with Crippen molar-refractivity contribution in [3.8, 4) is 0 Å². The first kappa shape index (κ1) is 23.3. The molecule has 1 aromatic heterocycles. The number of benzene rings is 3. The summed E-state index contributed by atoms with van der Waals surface area (Å²) in [4.78, 5) is 28.0. The van der Waals surface area contributed by atoms with Gasteiger partial charge in [0, 0.05) is 23.7 Å². The highest BCUT2D eigenvalue weighted by molar-refractivity contribution is 6.08. The fourth-order valence-corrected chi connectivity index (χ4v) is 4.78. The van der Waals surface area contributed by atoms with E-state index in [0.29, 0.717) is 28.8 Å². The van der Waals surface area contributed by atoms with E-state index >= 15 is 0 Å². The van der Waals surface area contributed by atoms with Crippen molar-refractivity contribution in [1.29, 1.82) is 0 Å². The summed E-state index contributed by atoms with van der Waals surface area (Å²) in [6.07, 6.45) is 1.75. The van der Waals surface area contributed by atoms with E-state index in [0.717, 1.165) is 28.3 Å². The Labute approximate surface area is 209 Å². The third kappa shape index (κ3) is 3.72. The number of nitrogens with two attached hydrogens (primary N) is 1. The number of primary amides is 1. The molecule has 0 fully saturated rings. The predicted molar refractivity (Wildman–Crippen MR) is 138 cm³/mol. The van der Waals surface area contributed by atoms with Crippen LogP contribution in [0.3, 0.4) is 0 Å². The highest BCUT2D eigenvalue weighted by Crippen LogP contribution is 2.38. The number of rotatable bonds is 4. The van der Waals surface area contributed by atoms with Crippen molar-refractivity contribution >= 4 is 29.0 Å². The van der Waals surface area contributed by atoms with Crippen LogP contribution in [0.25, 0.3) is 0 Å². The molecule has 3 aromatic carbocycles. The Morgan fingerprint density at radius 1 is 1.06 bits per heavy atom. The van der Waals surface area contributed by atoms with Gasteiger partial charge < -0.3 is 21.1 Å². The van der Waals surface area contributed by atoms with Crippen molar-refractivity contribution in [2.75, 3.05) is 10.2 Å². The monoisotopic (exact) mass is 481 g/mol. The Hall–Kier alpha value is -4.43. The van der Waals surface area contributed by atoms with Crippen LogP contribution in [0, 0.1) is 13.8 Å². The van der Waals surface area contributed by atoms with Gasteiger partial charge in [-0.2, -0.15) is 5.10 Å². The third-order valence-electron chi connectivity index (χ3n) is 6.70. The number of anilines is 3. The minimum Gasteiger partial charge on any atom is -0.372 e. The maximum Gasteiger partial charge on any atom is 0.258 e. The molecule has 1 aliphatic heterocycles. The van der Waals surface area contributed by atoms with Crippen LogP contribution >= 0.6 is 0 Å². The smallest absolute Gasteiger partial charge is 0.258 e. The van der Waals surface area contributed by atoms with E-state index in [9.17, 15) is 14.7 Å². The molecule has 0 aliphatic carbocycles. The summed E-state index contributed by atoms with van der Waals surface area (Å²) in [5.41, 5.74) is 8.86. The van der Waals surface area contributed by atoms with Gasteiger partial charge in [0.1, 0.15) is 5.82 Å². The van der Waals surface area contributed by atoms with Gasteiger partial charge in [-0.3, -0.25) is 14.3 Å². The molecule has 8 heteroatoms. The number of nitrogens with one attached hydrogen (secondary N) is 1. The number of fused-ring (bicyclic) bond motifs is 2. The lowest BCUT2D eigenvalue weighted by Crippen LogP contribution is -2.42. The molecule has 0 bridgehead atoms. The third-order valence-corrected chi connectivity index (χ3v) is 6.70. The molecule has 2 amide bonds. The van der Waals surface area contributed by atoms with Gasteiger partial charge in [0.05, 0.1) is 24.1 Å². The average molecular weight is 482 g/mol. The van der Waals surface area contributed by atoms with E-state index in [1.165, 1.54) is 0 Å². The number of carbonyl (C=O) groups excluding carboxylic acids is 2. The van der Waals surface area contributed by atoms with E-state index < -0.39 is 11.5 Å². The Morgan fingerprint density at radius 3 is 2.50 bits per heavy atom. The number of carbonyl (C=O) groups is 2. The normalized spacial score (nSPS) is 14.2.